The maximum Gasteiger partial charge on any atom is 0.238 e. The lowest BCUT2D eigenvalue weighted by Gasteiger charge is -2.31. The van der Waals surface area contributed by atoms with Crippen LogP contribution in [0.2, 0.25) is 0 Å². The maximum absolute atomic E-state index is 12.2. The number of imidazole rings is 1. The number of pyridine rings is 1. The lowest BCUT2D eigenvalue weighted by molar-refractivity contribution is -0.117. The van der Waals surface area contributed by atoms with Gasteiger partial charge in [0.1, 0.15) is 0 Å². The molecule has 6 nitrogen and oxygen atoms in total. The van der Waals surface area contributed by atoms with Gasteiger partial charge in [-0.25, -0.2) is 4.98 Å². The Bertz CT molecular complexity index is 868. The van der Waals surface area contributed by atoms with Gasteiger partial charge in [-0.15, -0.1) is 0 Å². The third-order valence-corrected chi connectivity index (χ3v) is 5.00. The van der Waals surface area contributed by atoms with E-state index in [1.165, 1.54) is 5.52 Å². The number of hydrogen-bond donors (Lipinski definition) is 1. The summed E-state index contributed by atoms with van der Waals surface area (Å²) < 4.78 is 2.25. The molecule has 1 aromatic carbocycles. The summed E-state index contributed by atoms with van der Waals surface area (Å²) in [5.74, 6) is 0.655. The fourth-order valence-corrected chi connectivity index (χ4v) is 3.60. The van der Waals surface area contributed by atoms with E-state index in [9.17, 15) is 4.79 Å². The van der Waals surface area contributed by atoms with Crippen molar-refractivity contribution < 1.29 is 4.79 Å². The van der Waals surface area contributed by atoms with Crippen LogP contribution in [0.15, 0.2) is 55.1 Å². The van der Waals surface area contributed by atoms with Crippen molar-refractivity contribution in [2.45, 2.75) is 19.4 Å². The minimum absolute atomic E-state index is 0.0250. The number of likely N-dealkylation sites (tertiary alicyclic amines) is 1. The second-order valence-electron chi connectivity index (χ2n) is 6.90. The third-order valence-electron chi connectivity index (χ3n) is 5.00. The van der Waals surface area contributed by atoms with Crippen molar-refractivity contribution in [1.82, 2.24) is 19.4 Å². The maximum atomic E-state index is 12.2. The van der Waals surface area contributed by atoms with Gasteiger partial charge in [-0.2, -0.15) is 0 Å². The van der Waals surface area contributed by atoms with Crippen molar-refractivity contribution in [2.75, 3.05) is 25.0 Å². The second kappa shape index (κ2) is 7.66. The Kier molecular flexibility index (Phi) is 4.93. The van der Waals surface area contributed by atoms with Crippen LogP contribution in [0.5, 0.6) is 0 Å². The van der Waals surface area contributed by atoms with Crippen LogP contribution in [0.3, 0.4) is 0 Å². The molecule has 4 rings (SSSR count). The highest BCUT2D eigenvalue weighted by Crippen LogP contribution is 2.21. The highest BCUT2D eigenvalue weighted by Gasteiger charge is 2.21. The third kappa shape index (κ3) is 3.91. The highest BCUT2D eigenvalue weighted by molar-refractivity contribution is 5.92. The van der Waals surface area contributed by atoms with Gasteiger partial charge < -0.3 is 9.88 Å². The summed E-state index contributed by atoms with van der Waals surface area (Å²) in [6, 6.07) is 11.9. The average molecular weight is 349 g/mol. The lowest BCUT2D eigenvalue weighted by Crippen LogP contribution is -2.39. The minimum atomic E-state index is 0.0250. The SMILES string of the molecule is O=C(CN1CCC(Cn2cnc3ccccc32)CC1)Nc1cccnc1. The molecule has 1 saturated heterocycles. The number of nitrogens with one attached hydrogen (secondary N) is 1. The monoisotopic (exact) mass is 349 g/mol. The van der Waals surface area contributed by atoms with Gasteiger partial charge in [-0.05, 0) is 56.1 Å². The molecule has 0 spiro atoms. The number of amides is 1. The fraction of sp³-hybridized carbons (Fsp3) is 0.350. The normalized spacial score (nSPS) is 16.0. The predicted molar refractivity (Wildman–Crippen MR) is 102 cm³/mol. The number of nitrogens with zero attached hydrogens (tertiary/aromatic N) is 4. The number of para-hydroxylation sites is 2. The topological polar surface area (TPSA) is 63.1 Å². The van der Waals surface area contributed by atoms with E-state index in [2.05, 4.69) is 43.0 Å². The first-order chi connectivity index (χ1) is 12.8. The van der Waals surface area contributed by atoms with Crippen LogP contribution < -0.4 is 5.32 Å². The Morgan fingerprint density at radius 3 is 2.81 bits per heavy atom. The molecule has 3 aromatic rings. The van der Waals surface area contributed by atoms with Crippen molar-refractivity contribution in [3.05, 3.63) is 55.1 Å². The summed E-state index contributed by atoms with van der Waals surface area (Å²) in [5.41, 5.74) is 3.00. The molecule has 0 radical (unpaired) electrons. The largest absolute Gasteiger partial charge is 0.330 e. The molecule has 1 aliphatic rings. The number of hydrogen-bond acceptors (Lipinski definition) is 4. The van der Waals surface area contributed by atoms with Crippen LogP contribution in [0.25, 0.3) is 11.0 Å². The van der Waals surface area contributed by atoms with Gasteiger partial charge in [-0.1, -0.05) is 12.1 Å². The van der Waals surface area contributed by atoms with Crippen molar-refractivity contribution in [3.8, 4) is 0 Å². The van der Waals surface area contributed by atoms with Crippen molar-refractivity contribution in [1.29, 1.82) is 0 Å². The summed E-state index contributed by atoms with van der Waals surface area (Å²) in [4.78, 5) is 22.9. The first-order valence-corrected chi connectivity index (χ1v) is 9.10. The number of fused-ring (bicyclic) bond motifs is 1. The molecule has 6 heteroatoms. The molecule has 2 aromatic heterocycles. The van der Waals surface area contributed by atoms with E-state index < -0.39 is 0 Å². The molecular formula is C20H23N5O. The van der Waals surface area contributed by atoms with E-state index in [1.54, 1.807) is 12.4 Å². The molecule has 0 unspecified atom stereocenters. The number of anilines is 1. The molecule has 1 fully saturated rings. The zero-order valence-corrected chi connectivity index (χ0v) is 14.7. The Morgan fingerprint density at radius 1 is 1.15 bits per heavy atom. The second-order valence-corrected chi connectivity index (χ2v) is 6.90. The van der Waals surface area contributed by atoms with Crippen LogP contribution >= 0.6 is 0 Å². The zero-order chi connectivity index (χ0) is 17.8. The number of aromatic nitrogens is 3. The number of carbonyl (C=O) groups is 1. The summed E-state index contributed by atoms with van der Waals surface area (Å²) in [5, 5.41) is 2.90. The average Bonchev–Trinajstić information content (AvgIpc) is 3.07. The van der Waals surface area contributed by atoms with Crippen LogP contribution in [-0.4, -0.2) is 45.0 Å². The molecule has 0 aliphatic carbocycles. The molecule has 0 saturated carbocycles. The molecule has 26 heavy (non-hydrogen) atoms. The van der Waals surface area contributed by atoms with Gasteiger partial charge in [0.15, 0.2) is 0 Å². The first kappa shape index (κ1) is 16.7. The van der Waals surface area contributed by atoms with E-state index in [-0.39, 0.29) is 5.91 Å². The summed E-state index contributed by atoms with van der Waals surface area (Å²) >= 11 is 0. The summed E-state index contributed by atoms with van der Waals surface area (Å²) in [6.07, 6.45) is 7.52. The zero-order valence-electron chi connectivity index (χ0n) is 14.7. The molecule has 3 heterocycles. The number of benzene rings is 1. The van der Waals surface area contributed by atoms with E-state index in [0.29, 0.717) is 12.5 Å². The van der Waals surface area contributed by atoms with Crippen molar-refractivity contribution in [2.24, 2.45) is 5.92 Å². The van der Waals surface area contributed by atoms with Gasteiger partial charge in [-0.3, -0.25) is 14.7 Å². The Labute approximate surface area is 152 Å². The Balaban J connectivity index is 1.27. The van der Waals surface area contributed by atoms with Gasteiger partial charge in [0.05, 0.1) is 35.8 Å². The molecule has 1 N–H and O–H groups in total. The molecule has 134 valence electrons. The van der Waals surface area contributed by atoms with E-state index >= 15 is 0 Å². The lowest BCUT2D eigenvalue weighted by atomic mass is 9.96. The van der Waals surface area contributed by atoms with Crippen LogP contribution in [-0.2, 0) is 11.3 Å². The van der Waals surface area contributed by atoms with Gasteiger partial charge in [0, 0.05) is 12.7 Å². The van der Waals surface area contributed by atoms with E-state index in [0.717, 1.165) is 43.7 Å². The number of piperidine rings is 1. The Hall–Kier alpha value is -2.73. The summed E-state index contributed by atoms with van der Waals surface area (Å²) in [7, 11) is 0. The predicted octanol–water partition coefficient (Wildman–Crippen LogP) is 2.78. The number of carbonyl (C=O) groups excluding carboxylic acids is 1. The first-order valence-electron chi connectivity index (χ1n) is 9.10. The van der Waals surface area contributed by atoms with Gasteiger partial charge in [0.25, 0.3) is 0 Å². The van der Waals surface area contributed by atoms with Crippen LogP contribution in [0.1, 0.15) is 12.8 Å². The van der Waals surface area contributed by atoms with Gasteiger partial charge >= 0.3 is 0 Å². The molecule has 1 aliphatic heterocycles. The molecule has 0 bridgehead atoms. The minimum Gasteiger partial charge on any atom is -0.330 e. The molecule has 1 amide bonds. The highest BCUT2D eigenvalue weighted by atomic mass is 16.2. The van der Waals surface area contributed by atoms with Crippen LogP contribution in [0, 0.1) is 5.92 Å². The standard InChI is InChI=1S/C20H23N5O/c26-20(23-17-4-3-9-21-12-17)14-24-10-7-16(8-11-24)13-25-15-22-18-5-1-2-6-19(18)25/h1-6,9,12,15-16H,7-8,10-11,13-14H2,(H,23,26). The summed E-state index contributed by atoms with van der Waals surface area (Å²) in [6.45, 7) is 3.35. The quantitative estimate of drug-likeness (QED) is 0.769. The molecular weight excluding hydrogens is 326 g/mol. The molecule has 0 atom stereocenters. The Morgan fingerprint density at radius 2 is 2.00 bits per heavy atom. The van der Waals surface area contributed by atoms with Gasteiger partial charge in [0.2, 0.25) is 5.91 Å². The smallest absolute Gasteiger partial charge is 0.238 e. The van der Waals surface area contributed by atoms with Crippen molar-refractivity contribution in [3.63, 3.8) is 0 Å². The number of rotatable bonds is 5. The fourth-order valence-electron chi connectivity index (χ4n) is 3.60. The van der Waals surface area contributed by atoms with Crippen LogP contribution in [0.4, 0.5) is 5.69 Å². The van der Waals surface area contributed by atoms with E-state index in [4.69, 9.17) is 0 Å². The van der Waals surface area contributed by atoms with Crippen molar-refractivity contribution >= 4 is 22.6 Å². The van der Waals surface area contributed by atoms with E-state index in [1.807, 2.05) is 24.5 Å².